The van der Waals surface area contributed by atoms with Gasteiger partial charge in [0, 0.05) is 18.0 Å². The molecular weight excluding hydrogens is 230 g/mol. The zero-order chi connectivity index (χ0) is 11.9. The third-order valence-corrected chi connectivity index (χ3v) is 4.43. The van der Waals surface area contributed by atoms with Crippen LogP contribution in [0.3, 0.4) is 0 Å². The quantitative estimate of drug-likeness (QED) is 0.869. The van der Waals surface area contributed by atoms with Crippen LogP contribution in [0.25, 0.3) is 0 Å². The standard InChI is InChI=1S/C13H21N3S/c1-2-14-12-8-9-15-13(16-12)10-17-11-6-4-3-5-7-11/h8-9,11H,2-7,10H2,1H3,(H,14,15,16). The van der Waals surface area contributed by atoms with E-state index in [1.165, 1.54) is 32.1 Å². The predicted molar refractivity (Wildman–Crippen MR) is 74.4 cm³/mol. The van der Waals surface area contributed by atoms with Crippen molar-refractivity contribution in [3.05, 3.63) is 18.1 Å². The molecule has 0 aliphatic heterocycles. The molecule has 1 heterocycles. The molecule has 2 rings (SSSR count). The molecule has 0 saturated heterocycles. The molecule has 1 aliphatic carbocycles. The Labute approximate surface area is 108 Å². The summed E-state index contributed by atoms with van der Waals surface area (Å²) in [6.07, 6.45) is 8.81. The highest BCUT2D eigenvalue weighted by Gasteiger charge is 2.14. The first-order valence-electron chi connectivity index (χ1n) is 6.56. The van der Waals surface area contributed by atoms with Crippen LogP contribution in [-0.4, -0.2) is 21.8 Å². The molecule has 0 radical (unpaired) electrons. The molecule has 0 bridgehead atoms. The lowest BCUT2D eigenvalue weighted by Gasteiger charge is -2.20. The molecule has 1 saturated carbocycles. The fraction of sp³-hybridized carbons (Fsp3) is 0.692. The summed E-state index contributed by atoms with van der Waals surface area (Å²) < 4.78 is 0. The van der Waals surface area contributed by atoms with Crippen LogP contribution in [-0.2, 0) is 5.75 Å². The summed E-state index contributed by atoms with van der Waals surface area (Å²) in [5.74, 6) is 2.85. The molecule has 0 amide bonds. The molecule has 1 N–H and O–H groups in total. The molecule has 1 aliphatic rings. The van der Waals surface area contributed by atoms with Crippen LogP contribution in [0, 0.1) is 0 Å². The lowest BCUT2D eigenvalue weighted by atomic mass is 10.0. The molecule has 0 spiro atoms. The van der Waals surface area contributed by atoms with Gasteiger partial charge >= 0.3 is 0 Å². The van der Waals surface area contributed by atoms with Crippen LogP contribution in [0.15, 0.2) is 12.3 Å². The number of aromatic nitrogens is 2. The average Bonchev–Trinajstić information content (AvgIpc) is 2.39. The van der Waals surface area contributed by atoms with E-state index in [9.17, 15) is 0 Å². The largest absolute Gasteiger partial charge is 0.370 e. The van der Waals surface area contributed by atoms with Gasteiger partial charge < -0.3 is 5.32 Å². The maximum atomic E-state index is 4.50. The van der Waals surface area contributed by atoms with Gasteiger partial charge in [-0.3, -0.25) is 0 Å². The van der Waals surface area contributed by atoms with E-state index in [1.807, 2.05) is 24.0 Å². The third-order valence-electron chi connectivity index (χ3n) is 3.06. The van der Waals surface area contributed by atoms with Crippen LogP contribution >= 0.6 is 11.8 Å². The van der Waals surface area contributed by atoms with Gasteiger partial charge in [-0.25, -0.2) is 9.97 Å². The van der Waals surface area contributed by atoms with E-state index < -0.39 is 0 Å². The minimum Gasteiger partial charge on any atom is -0.370 e. The van der Waals surface area contributed by atoms with Gasteiger partial charge in [-0.15, -0.1) is 0 Å². The van der Waals surface area contributed by atoms with Gasteiger partial charge in [-0.1, -0.05) is 19.3 Å². The fourth-order valence-corrected chi connectivity index (χ4v) is 3.36. The lowest BCUT2D eigenvalue weighted by molar-refractivity contribution is 0.516. The minimum atomic E-state index is 0.829. The predicted octanol–water partition coefficient (Wildman–Crippen LogP) is 3.47. The van der Waals surface area contributed by atoms with Crippen molar-refractivity contribution in [2.75, 3.05) is 11.9 Å². The topological polar surface area (TPSA) is 37.8 Å². The molecular formula is C13H21N3S. The molecule has 17 heavy (non-hydrogen) atoms. The number of thioether (sulfide) groups is 1. The number of rotatable bonds is 5. The normalized spacial score (nSPS) is 17.0. The summed E-state index contributed by atoms with van der Waals surface area (Å²) in [5, 5.41) is 4.05. The van der Waals surface area contributed by atoms with Gasteiger partial charge in [-0.05, 0) is 25.8 Å². The minimum absolute atomic E-state index is 0.829. The van der Waals surface area contributed by atoms with Crippen LogP contribution in [0.2, 0.25) is 0 Å². The highest BCUT2D eigenvalue weighted by atomic mass is 32.2. The molecule has 1 aromatic rings. The van der Waals surface area contributed by atoms with Crippen molar-refractivity contribution < 1.29 is 0 Å². The van der Waals surface area contributed by atoms with Crippen molar-refractivity contribution in [3.63, 3.8) is 0 Å². The van der Waals surface area contributed by atoms with E-state index in [2.05, 4.69) is 22.2 Å². The van der Waals surface area contributed by atoms with Gasteiger partial charge in [0.1, 0.15) is 11.6 Å². The van der Waals surface area contributed by atoms with Gasteiger partial charge in [0.25, 0.3) is 0 Å². The fourth-order valence-electron chi connectivity index (χ4n) is 2.17. The van der Waals surface area contributed by atoms with Gasteiger partial charge in [0.05, 0.1) is 5.75 Å². The molecule has 0 unspecified atom stereocenters. The molecule has 3 nitrogen and oxygen atoms in total. The summed E-state index contributed by atoms with van der Waals surface area (Å²) in [6, 6.07) is 1.93. The summed E-state index contributed by atoms with van der Waals surface area (Å²) in [7, 11) is 0. The zero-order valence-electron chi connectivity index (χ0n) is 10.5. The molecule has 0 atom stereocenters. The van der Waals surface area contributed by atoms with Gasteiger partial charge in [-0.2, -0.15) is 11.8 Å². The number of nitrogens with zero attached hydrogens (tertiary/aromatic N) is 2. The van der Waals surface area contributed by atoms with Crippen molar-refractivity contribution in [1.82, 2.24) is 9.97 Å². The highest BCUT2D eigenvalue weighted by molar-refractivity contribution is 7.99. The first-order chi connectivity index (χ1) is 8.38. The van der Waals surface area contributed by atoms with E-state index >= 15 is 0 Å². The van der Waals surface area contributed by atoms with Crippen molar-refractivity contribution in [2.24, 2.45) is 0 Å². The number of anilines is 1. The second kappa shape index (κ2) is 6.84. The maximum Gasteiger partial charge on any atom is 0.140 e. The van der Waals surface area contributed by atoms with E-state index in [1.54, 1.807) is 0 Å². The van der Waals surface area contributed by atoms with E-state index in [4.69, 9.17) is 0 Å². The van der Waals surface area contributed by atoms with Crippen molar-refractivity contribution >= 4 is 17.6 Å². The first-order valence-corrected chi connectivity index (χ1v) is 7.60. The molecule has 1 aromatic heterocycles. The summed E-state index contributed by atoms with van der Waals surface area (Å²) >= 11 is 2.02. The van der Waals surface area contributed by atoms with Crippen LogP contribution in [0.5, 0.6) is 0 Å². The second-order valence-electron chi connectivity index (χ2n) is 4.46. The lowest BCUT2D eigenvalue weighted by Crippen LogP contribution is -2.09. The molecule has 94 valence electrons. The summed E-state index contributed by atoms with van der Waals surface area (Å²) in [4.78, 5) is 8.84. The Morgan fingerprint density at radius 3 is 2.94 bits per heavy atom. The molecule has 1 fully saturated rings. The number of hydrogen-bond donors (Lipinski definition) is 1. The van der Waals surface area contributed by atoms with Crippen LogP contribution < -0.4 is 5.32 Å². The SMILES string of the molecule is CCNc1ccnc(CSC2CCCCC2)n1. The second-order valence-corrected chi connectivity index (χ2v) is 5.75. The molecule has 4 heteroatoms. The average molecular weight is 251 g/mol. The van der Waals surface area contributed by atoms with E-state index in [0.29, 0.717) is 0 Å². The van der Waals surface area contributed by atoms with Crippen molar-refractivity contribution in [1.29, 1.82) is 0 Å². The van der Waals surface area contributed by atoms with Gasteiger partial charge in [0.2, 0.25) is 0 Å². The first kappa shape index (κ1) is 12.7. The van der Waals surface area contributed by atoms with Crippen LogP contribution in [0.1, 0.15) is 44.9 Å². The smallest absolute Gasteiger partial charge is 0.140 e. The monoisotopic (exact) mass is 251 g/mol. The Morgan fingerprint density at radius 2 is 2.18 bits per heavy atom. The Bertz CT molecular complexity index is 337. The van der Waals surface area contributed by atoms with Gasteiger partial charge in [0.15, 0.2) is 0 Å². The summed E-state index contributed by atoms with van der Waals surface area (Å²) in [6.45, 7) is 2.99. The Kier molecular flexibility index (Phi) is 5.10. The number of hydrogen-bond acceptors (Lipinski definition) is 4. The molecule has 0 aromatic carbocycles. The van der Waals surface area contributed by atoms with Crippen LogP contribution in [0.4, 0.5) is 5.82 Å². The Hall–Kier alpha value is -0.770. The zero-order valence-corrected chi connectivity index (χ0v) is 11.3. The Balaban J connectivity index is 1.83. The van der Waals surface area contributed by atoms with Crippen molar-refractivity contribution in [3.8, 4) is 0 Å². The Morgan fingerprint density at radius 1 is 1.35 bits per heavy atom. The summed E-state index contributed by atoms with van der Waals surface area (Å²) in [5.41, 5.74) is 0. The highest BCUT2D eigenvalue weighted by Crippen LogP contribution is 2.29. The maximum absolute atomic E-state index is 4.50. The van der Waals surface area contributed by atoms with E-state index in [0.717, 1.165) is 29.2 Å². The number of nitrogens with one attached hydrogen (secondary N) is 1. The van der Waals surface area contributed by atoms with E-state index in [-0.39, 0.29) is 0 Å². The third kappa shape index (κ3) is 4.19. The van der Waals surface area contributed by atoms with Crippen molar-refractivity contribution in [2.45, 2.75) is 50.0 Å².